The lowest BCUT2D eigenvalue weighted by Crippen LogP contribution is -2.38. The van der Waals surface area contributed by atoms with Crippen LogP contribution in [0, 0.1) is 29.6 Å². The van der Waals surface area contributed by atoms with Gasteiger partial charge in [-0.3, -0.25) is 4.79 Å². The molecular weight excluding hydrogens is 186 g/mol. The zero-order valence-corrected chi connectivity index (χ0v) is 9.78. The Morgan fingerprint density at radius 3 is 2.67 bits per heavy atom. The van der Waals surface area contributed by atoms with Crippen molar-refractivity contribution in [1.82, 2.24) is 4.90 Å². The number of fused-ring (bicyclic) bond motifs is 5. The molecule has 3 aliphatic carbocycles. The van der Waals surface area contributed by atoms with E-state index in [-0.39, 0.29) is 0 Å². The maximum absolute atomic E-state index is 12.2. The Morgan fingerprint density at radius 2 is 1.93 bits per heavy atom. The number of carbonyl (C=O) groups excluding carboxylic acids is 1. The number of nitrogens with zero attached hydrogens (tertiary/aromatic N) is 1. The minimum atomic E-state index is 0.379. The molecule has 0 heterocycles. The third-order valence-electron chi connectivity index (χ3n) is 5.03. The molecule has 0 amide bonds. The van der Waals surface area contributed by atoms with Gasteiger partial charge in [0.1, 0.15) is 5.78 Å². The molecule has 3 rings (SSSR count). The van der Waals surface area contributed by atoms with E-state index in [1.165, 1.54) is 25.7 Å². The second-order valence-electron chi connectivity index (χ2n) is 6.04. The molecule has 0 spiro atoms. The molecule has 0 radical (unpaired) electrons. The monoisotopic (exact) mass is 207 g/mol. The van der Waals surface area contributed by atoms with Gasteiger partial charge in [-0.05, 0) is 51.1 Å². The van der Waals surface area contributed by atoms with Crippen LogP contribution in [-0.2, 0) is 4.79 Å². The van der Waals surface area contributed by atoms with Gasteiger partial charge in [-0.25, -0.2) is 0 Å². The van der Waals surface area contributed by atoms with Gasteiger partial charge in [0.25, 0.3) is 0 Å². The summed E-state index contributed by atoms with van der Waals surface area (Å²) in [5, 5.41) is 0. The van der Waals surface area contributed by atoms with Crippen molar-refractivity contribution in [2.45, 2.75) is 25.7 Å². The van der Waals surface area contributed by atoms with Crippen LogP contribution in [0.25, 0.3) is 0 Å². The van der Waals surface area contributed by atoms with E-state index in [1.54, 1.807) is 0 Å². The first-order valence-corrected chi connectivity index (χ1v) is 6.37. The number of rotatable bonds is 2. The fourth-order valence-electron chi connectivity index (χ4n) is 4.59. The summed E-state index contributed by atoms with van der Waals surface area (Å²) in [6.45, 7) is 0.989. The van der Waals surface area contributed by atoms with E-state index in [1.807, 2.05) is 0 Å². The summed E-state index contributed by atoms with van der Waals surface area (Å²) in [4.78, 5) is 14.4. The zero-order chi connectivity index (χ0) is 10.6. The Kier molecular flexibility index (Phi) is 2.17. The Bertz CT molecular complexity index is 286. The molecule has 3 saturated carbocycles. The predicted octanol–water partition coefficient (Wildman–Crippen LogP) is 1.80. The Hall–Kier alpha value is -0.370. The van der Waals surface area contributed by atoms with Crippen molar-refractivity contribution in [3.05, 3.63) is 0 Å². The van der Waals surface area contributed by atoms with Crippen molar-refractivity contribution in [3.63, 3.8) is 0 Å². The summed E-state index contributed by atoms with van der Waals surface area (Å²) in [6.07, 6.45) is 5.35. The maximum atomic E-state index is 12.2. The molecule has 0 unspecified atom stereocenters. The maximum Gasteiger partial charge on any atom is 0.140 e. The van der Waals surface area contributed by atoms with Gasteiger partial charge in [0.2, 0.25) is 0 Å². The summed E-state index contributed by atoms with van der Waals surface area (Å²) < 4.78 is 0. The first-order chi connectivity index (χ1) is 7.18. The van der Waals surface area contributed by atoms with E-state index in [9.17, 15) is 4.79 Å². The second kappa shape index (κ2) is 3.31. The van der Waals surface area contributed by atoms with Crippen LogP contribution in [0.1, 0.15) is 25.7 Å². The van der Waals surface area contributed by atoms with Gasteiger partial charge in [-0.2, -0.15) is 0 Å². The molecule has 3 aliphatic rings. The van der Waals surface area contributed by atoms with E-state index in [0.717, 1.165) is 24.3 Å². The van der Waals surface area contributed by atoms with Crippen LogP contribution >= 0.6 is 0 Å². The summed E-state index contributed by atoms with van der Waals surface area (Å²) in [5.74, 6) is 3.91. The van der Waals surface area contributed by atoms with Gasteiger partial charge >= 0.3 is 0 Å². The van der Waals surface area contributed by atoms with Crippen LogP contribution < -0.4 is 0 Å². The molecule has 0 aromatic rings. The summed E-state index contributed by atoms with van der Waals surface area (Å²) in [6, 6.07) is 0. The predicted molar refractivity (Wildman–Crippen MR) is 59.5 cm³/mol. The lowest BCUT2D eigenvalue weighted by atomic mass is 9.75. The van der Waals surface area contributed by atoms with Crippen LogP contribution in [-0.4, -0.2) is 31.3 Å². The van der Waals surface area contributed by atoms with Gasteiger partial charge in [-0.1, -0.05) is 6.42 Å². The SMILES string of the molecule is CN(C)C[C@@H]1C(=O)[C@H]2C[C@H]1[C@@H]1CCC[C@H]12. The fourth-order valence-corrected chi connectivity index (χ4v) is 4.59. The number of Topliss-reactive ketones (excluding diaryl/α,β-unsaturated/α-hetero) is 1. The average Bonchev–Trinajstić information content (AvgIpc) is 2.77. The molecule has 0 N–H and O–H groups in total. The zero-order valence-electron chi connectivity index (χ0n) is 9.78. The quantitative estimate of drug-likeness (QED) is 0.688. The standard InChI is InChI=1S/C13H21NO/c1-14(2)7-12-10-6-11(13(12)15)9-5-3-4-8(9)10/h8-12H,3-7H2,1-2H3/t8-,9-,10+,11+,12+/m1/s1. The van der Waals surface area contributed by atoms with E-state index in [2.05, 4.69) is 19.0 Å². The largest absolute Gasteiger partial charge is 0.309 e. The molecule has 2 bridgehead atoms. The molecule has 0 saturated heterocycles. The van der Waals surface area contributed by atoms with Gasteiger partial charge in [0, 0.05) is 18.4 Å². The lowest BCUT2D eigenvalue weighted by Gasteiger charge is -2.31. The normalized spacial score (nSPS) is 47.9. The minimum Gasteiger partial charge on any atom is -0.309 e. The van der Waals surface area contributed by atoms with Gasteiger partial charge < -0.3 is 4.90 Å². The number of hydrogen-bond acceptors (Lipinski definition) is 2. The first kappa shape index (κ1) is 9.83. The van der Waals surface area contributed by atoms with Crippen LogP contribution in [0.5, 0.6) is 0 Å². The summed E-state index contributed by atoms with van der Waals surface area (Å²) >= 11 is 0. The van der Waals surface area contributed by atoms with Gasteiger partial charge in [-0.15, -0.1) is 0 Å². The van der Waals surface area contributed by atoms with Crippen molar-refractivity contribution in [1.29, 1.82) is 0 Å². The topological polar surface area (TPSA) is 20.3 Å². The van der Waals surface area contributed by atoms with Gasteiger partial charge in [0.15, 0.2) is 0 Å². The van der Waals surface area contributed by atoms with Crippen molar-refractivity contribution >= 4 is 5.78 Å². The van der Waals surface area contributed by atoms with Crippen molar-refractivity contribution in [2.24, 2.45) is 29.6 Å². The summed E-state index contributed by atoms with van der Waals surface area (Å²) in [5.41, 5.74) is 0. The summed E-state index contributed by atoms with van der Waals surface area (Å²) in [7, 11) is 4.18. The van der Waals surface area contributed by atoms with Crippen molar-refractivity contribution in [3.8, 4) is 0 Å². The van der Waals surface area contributed by atoms with Crippen LogP contribution in [0.2, 0.25) is 0 Å². The number of ketones is 1. The molecule has 5 atom stereocenters. The third-order valence-corrected chi connectivity index (χ3v) is 5.03. The highest BCUT2D eigenvalue weighted by Crippen LogP contribution is 2.59. The number of hydrogen-bond donors (Lipinski definition) is 0. The second-order valence-corrected chi connectivity index (χ2v) is 6.04. The molecule has 3 fully saturated rings. The molecular formula is C13H21NO. The van der Waals surface area contributed by atoms with E-state index in [0.29, 0.717) is 17.6 Å². The molecule has 0 aromatic carbocycles. The molecule has 84 valence electrons. The Balaban J connectivity index is 1.81. The van der Waals surface area contributed by atoms with E-state index in [4.69, 9.17) is 0 Å². The highest BCUT2D eigenvalue weighted by Gasteiger charge is 2.58. The molecule has 2 nitrogen and oxygen atoms in total. The highest BCUT2D eigenvalue weighted by atomic mass is 16.1. The number of carbonyl (C=O) groups is 1. The first-order valence-electron chi connectivity index (χ1n) is 6.37. The highest BCUT2D eigenvalue weighted by molar-refractivity contribution is 5.87. The minimum absolute atomic E-state index is 0.379. The van der Waals surface area contributed by atoms with E-state index < -0.39 is 0 Å². The van der Waals surface area contributed by atoms with Crippen LogP contribution in [0.3, 0.4) is 0 Å². The molecule has 0 aliphatic heterocycles. The van der Waals surface area contributed by atoms with Gasteiger partial charge in [0.05, 0.1) is 0 Å². The molecule has 15 heavy (non-hydrogen) atoms. The molecule has 0 aromatic heterocycles. The third kappa shape index (κ3) is 1.30. The van der Waals surface area contributed by atoms with E-state index >= 15 is 0 Å². The van der Waals surface area contributed by atoms with Crippen LogP contribution in [0.15, 0.2) is 0 Å². The Labute approximate surface area is 92.0 Å². The van der Waals surface area contributed by atoms with Crippen molar-refractivity contribution < 1.29 is 4.79 Å². The Morgan fingerprint density at radius 1 is 1.20 bits per heavy atom. The fraction of sp³-hybridized carbons (Fsp3) is 0.923. The van der Waals surface area contributed by atoms with Crippen molar-refractivity contribution in [2.75, 3.05) is 20.6 Å². The lowest BCUT2D eigenvalue weighted by molar-refractivity contribution is -0.129. The van der Waals surface area contributed by atoms with Crippen LogP contribution in [0.4, 0.5) is 0 Å². The average molecular weight is 207 g/mol. The smallest absolute Gasteiger partial charge is 0.140 e. The molecule has 2 heteroatoms.